The maximum Gasteiger partial charge on any atom is 0.306 e. The van der Waals surface area contributed by atoms with Crippen LogP contribution in [-0.2, 0) is 4.79 Å². The van der Waals surface area contributed by atoms with Crippen molar-refractivity contribution in [2.45, 2.75) is 25.3 Å². The Balaban J connectivity index is 1.90. The van der Waals surface area contributed by atoms with Crippen molar-refractivity contribution in [3.05, 3.63) is 20.8 Å². The summed E-state index contributed by atoms with van der Waals surface area (Å²) in [6.07, 6.45) is 1.92. The second kappa shape index (κ2) is 5.18. The van der Waals surface area contributed by atoms with E-state index in [0.717, 1.165) is 10.2 Å². The molecular formula is C11H12BrNO3S. The summed E-state index contributed by atoms with van der Waals surface area (Å²) in [6, 6.07) is 1.76. The first-order chi connectivity index (χ1) is 8.06. The Hall–Kier alpha value is -0.880. The fourth-order valence-electron chi connectivity index (χ4n) is 2.03. The molecule has 0 aliphatic heterocycles. The van der Waals surface area contributed by atoms with Gasteiger partial charge in [-0.25, -0.2) is 0 Å². The van der Waals surface area contributed by atoms with Gasteiger partial charge in [-0.1, -0.05) is 0 Å². The lowest BCUT2D eigenvalue weighted by Gasteiger charge is -2.11. The Bertz CT molecular complexity index is 446. The molecule has 0 bridgehead atoms. The van der Waals surface area contributed by atoms with Crippen LogP contribution in [0.3, 0.4) is 0 Å². The van der Waals surface area contributed by atoms with Crippen molar-refractivity contribution in [2.75, 3.05) is 0 Å². The van der Waals surface area contributed by atoms with Crippen LogP contribution in [0, 0.1) is 5.92 Å². The Morgan fingerprint density at radius 2 is 2.24 bits per heavy atom. The van der Waals surface area contributed by atoms with E-state index in [1.54, 1.807) is 11.4 Å². The lowest BCUT2D eigenvalue weighted by atomic mass is 10.1. The molecule has 0 radical (unpaired) electrons. The van der Waals surface area contributed by atoms with Gasteiger partial charge in [-0.05, 0) is 41.3 Å². The normalized spacial score (nSPS) is 23.6. The summed E-state index contributed by atoms with van der Waals surface area (Å²) in [5.74, 6) is -1.20. The predicted octanol–water partition coefficient (Wildman–Crippen LogP) is 2.49. The molecule has 2 unspecified atom stereocenters. The van der Waals surface area contributed by atoms with E-state index < -0.39 is 5.97 Å². The zero-order valence-corrected chi connectivity index (χ0v) is 11.4. The van der Waals surface area contributed by atoms with Crippen LogP contribution >= 0.6 is 27.3 Å². The fraction of sp³-hybridized carbons (Fsp3) is 0.455. The lowest BCUT2D eigenvalue weighted by molar-refractivity contribution is -0.141. The fourth-order valence-corrected chi connectivity index (χ4v) is 3.17. The molecule has 1 aromatic rings. The van der Waals surface area contributed by atoms with Gasteiger partial charge in [0.25, 0.3) is 5.91 Å². The van der Waals surface area contributed by atoms with Crippen molar-refractivity contribution in [3.8, 4) is 0 Å². The van der Waals surface area contributed by atoms with Gasteiger partial charge < -0.3 is 10.4 Å². The second-order valence-electron chi connectivity index (χ2n) is 4.16. The van der Waals surface area contributed by atoms with Crippen LogP contribution in [0.25, 0.3) is 0 Å². The Morgan fingerprint density at radius 1 is 1.47 bits per heavy atom. The summed E-state index contributed by atoms with van der Waals surface area (Å²) >= 11 is 4.76. The third-order valence-corrected chi connectivity index (χ3v) is 4.45. The van der Waals surface area contributed by atoms with Gasteiger partial charge in [0, 0.05) is 11.4 Å². The SMILES string of the molecule is O=C(NC1CCC(C(=O)O)C1)c1csc(Br)c1. The first-order valence-electron chi connectivity index (χ1n) is 5.34. The molecule has 0 aromatic carbocycles. The highest BCUT2D eigenvalue weighted by Gasteiger charge is 2.30. The highest BCUT2D eigenvalue weighted by Crippen LogP contribution is 2.26. The van der Waals surface area contributed by atoms with Crippen LogP contribution in [0.2, 0.25) is 0 Å². The molecule has 1 heterocycles. The third kappa shape index (κ3) is 3.07. The molecule has 1 aliphatic carbocycles. The third-order valence-electron chi connectivity index (χ3n) is 2.95. The number of halogens is 1. The van der Waals surface area contributed by atoms with Crippen LogP contribution in [0.1, 0.15) is 29.6 Å². The van der Waals surface area contributed by atoms with Crippen molar-refractivity contribution in [2.24, 2.45) is 5.92 Å². The number of carbonyl (C=O) groups excluding carboxylic acids is 1. The molecule has 2 N–H and O–H groups in total. The van der Waals surface area contributed by atoms with E-state index in [0.29, 0.717) is 18.4 Å². The molecule has 1 amide bonds. The zero-order chi connectivity index (χ0) is 12.4. The Kier molecular flexibility index (Phi) is 3.83. The zero-order valence-electron chi connectivity index (χ0n) is 8.98. The van der Waals surface area contributed by atoms with Crippen LogP contribution < -0.4 is 5.32 Å². The summed E-state index contributed by atoms with van der Waals surface area (Å²) in [5.41, 5.74) is 0.626. The van der Waals surface area contributed by atoms with Gasteiger partial charge in [0.05, 0.1) is 15.3 Å². The lowest BCUT2D eigenvalue weighted by Crippen LogP contribution is -2.33. The standard InChI is InChI=1S/C11H12BrNO3S/c12-9-4-7(5-17-9)10(14)13-8-2-1-6(3-8)11(15)16/h4-6,8H,1-3H2,(H,13,14)(H,15,16). The van der Waals surface area contributed by atoms with Gasteiger partial charge >= 0.3 is 5.97 Å². The maximum absolute atomic E-state index is 11.8. The van der Waals surface area contributed by atoms with Crippen LogP contribution in [0.4, 0.5) is 0 Å². The molecule has 1 saturated carbocycles. The van der Waals surface area contributed by atoms with Gasteiger partial charge in [0.2, 0.25) is 0 Å². The van der Waals surface area contributed by atoms with Crippen molar-refractivity contribution < 1.29 is 14.7 Å². The van der Waals surface area contributed by atoms with Crippen LogP contribution in [-0.4, -0.2) is 23.0 Å². The van der Waals surface area contributed by atoms with Crippen molar-refractivity contribution in [3.63, 3.8) is 0 Å². The quantitative estimate of drug-likeness (QED) is 0.900. The molecule has 0 saturated heterocycles. The van der Waals surface area contributed by atoms with E-state index in [1.165, 1.54) is 11.3 Å². The molecular weight excluding hydrogens is 306 g/mol. The van der Waals surface area contributed by atoms with Crippen molar-refractivity contribution in [1.29, 1.82) is 0 Å². The van der Waals surface area contributed by atoms with Crippen LogP contribution in [0.15, 0.2) is 15.2 Å². The van der Waals surface area contributed by atoms with Crippen LogP contribution in [0.5, 0.6) is 0 Å². The van der Waals surface area contributed by atoms with E-state index in [1.807, 2.05) is 0 Å². The number of nitrogens with one attached hydrogen (secondary N) is 1. The number of thiophene rings is 1. The molecule has 1 fully saturated rings. The highest BCUT2D eigenvalue weighted by molar-refractivity contribution is 9.11. The summed E-state index contributed by atoms with van der Waals surface area (Å²) < 4.78 is 0.914. The smallest absolute Gasteiger partial charge is 0.306 e. The molecule has 1 aliphatic rings. The topological polar surface area (TPSA) is 66.4 Å². The van der Waals surface area contributed by atoms with Crippen molar-refractivity contribution >= 4 is 39.1 Å². The summed E-state index contributed by atoms with van der Waals surface area (Å²) in [5, 5.41) is 13.5. The molecule has 2 atom stereocenters. The monoisotopic (exact) mass is 317 g/mol. The Morgan fingerprint density at radius 3 is 2.76 bits per heavy atom. The summed E-state index contributed by atoms with van der Waals surface area (Å²) in [7, 11) is 0. The molecule has 6 heteroatoms. The number of hydrogen-bond donors (Lipinski definition) is 2. The number of hydrogen-bond acceptors (Lipinski definition) is 3. The van der Waals surface area contributed by atoms with E-state index in [9.17, 15) is 9.59 Å². The number of amides is 1. The van der Waals surface area contributed by atoms with Crippen molar-refractivity contribution in [1.82, 2.24) is 5.32 Å². The number of carboxylic acid groups (broad SMARTS) is 1. The van der Waals surface area contributed by atoms with Gasteiger partial charge in [0.15, 0.2) is 0 Å². The van der Waals surface area contributed by atoms with E-state index in [2.05, 4.69) is 21.2 Å². The summed E-state index contributed by atoms with van der Waals surface area (Å²) in [6.45, 7) is 0. The molecule has 2 rings (SSSR count). The van der Waals surface area contributed by atoms with E-state index in [-0.39, 0.29) is 17.9 Å². The summed E-state index contributed by atoms with van der Waals surface area (Å²) in [4.78, 5) is 22.6. The molecule has 1 aromatic heterocycles. The molecule has 17 heavy (non-hydrogen) atoms. The number of rotatable bonds is 3. The minimum atomic E-state index is -0.764. The van der Waals surface area contributed by atoms with E-state index >= 15 is 0 Å². The predicted molar refractivity (Wildman–Crippen MR) is 68.3 cm³/mol. The minimum Gasteiger partial charge on any atom is -0.481 e. The number of carbonyl (C=O) groups is 2. The largest absolute Gasteiger partial charge is 0.481 e. The Labute approximate surface area is 111 Å². The molecule has 0 spiro atoms. The van der Waals surface area contributed by atoms with Gasteiger partial charge in [-0.15, -0.1) is 11.3 Å². The van der Waals surface area contributed by atoms with Gasteiger partial charge in [-0.2, -0.15) is 0 Å². The van der Waals surface area contributed by atoms with Gasteiger partial charge in [-0.3, -0.25) is 9.59 Å². The van der Waals surface area contributed by atoms with Gasteiger partial charge in [0.1, 0.15) is 0 Å². The molecule has 4 nitrogen and oxygen atoms in total. The number of aliphatic carboxylic acids is 1. The minimum absolute atomic E-state index is 0.0118. The average molecular weight is 318 g/mol. The first kappa shape index (κ1) is 12.6. The van der Waals surface area contributed by atoms with E-state index in [4.69, 9.17) is 5.11 Å². The average Bonchev–Trinajstić information content (AvgIpc) is 2.86. The maximum atomic E-state index is 11.8. The number of carboxylic acids is 1. The first-order valence-corrected chi connectivity index (χ1v) is 7.01. The molecule has 92 valence electrons. The second-order valence-corrected chi connectivity index (χ2v) is 6.45. The highest BCUT2D eigenvalue weighted by atomic mass is 79.9.